The molecular formula is C14H22N2O. The lowest BCUT2D eigenvalue weighted by atomic mass is 9.80. The Morgan fingerprint density at radius 1 is 1.41 bits per heavy atom. The van der Waals surface area contributed by atoms with E-state index in [0.717, 1.165) is 5.69 Å². The second-order valence-electron chi connectivity index (χ2n) is 5.64. The van der Waals surface area contributed by atoms with E-state index >= 15 is 0 Å². The van der Waals surface area contributed by atoms with E-state index in [0.29, 0.717) is 18.0 Å². The maximum absolute atomic E-state index is 11.8. The van der Waals surface area contributed by atoms with Crippen LogP contribution in [0.1, 0.15) is 34.1 Å². The van der Waals surface area contributed by atoms with Crippen molar-refractivity contribution in [2.45, 2.75) is 34.1 Å². The summed E-state index contributed by atoms with van der Waals surface area (Å²) in [4.78, 5) is 11.8. The molecule has 3 nitrogen and oxygen atoms in total. The third-order valence-corrected chi connectivity index (χ3v) is 3.14. The number of nitrogens with two attached hydrogens (primary N) is 1. The van der Waals surface area contributed by atoms with Crippen LogP contribution >= 0.6 is 0 Å². The van der Waals surface area contributed by atoms with Crippen LogP contribution in [0.5, 0.6) is 0 Å². The highest BCUT2D eigenvalue weighted by Crippen LogP contribution is 2.28. The van der Waals surface area contributed by atoms with Crippen LogP contribution in [-0.2, 0) is 4.79 Å². The quantitative estimate of drug-likeness (QED) is 0.788. The molecular weight excluding hydrogens is 212 g/mol. The van der Waals surface area contributed by atoms with Crippen LogP contribution in [0.2, 0.25) is 0 Å². The summed E-state index contributed by atoms with van der Waals surface area (Å²) < 4.78 is 0. The molecule has 0 radical (unpaired) electrons. The number of hydrogen-bond acceptors (Lipinski definition) is 2. The van der Waals surface area contributed by atoms with Crippen LogP contribution in [0.25, 0.3) is 0 Å². The van der Waals surface area contributed by atoms with Gasteiger partial charge in [-0.05, 0) is 29.5 Å². The zero-order chi connectivity index (χ0) is 13.1. The van der Waals surface area contributed by atoms with E-state index in [4.69, 9.17) is 5.73 Å². The van der Waals surface area contributed by atoms with Gasteiger partial charge in [-0.1, -0.05) is 33.8 Å². The Morgan fingerprint density at radius 3 is 2.59 bits per heavy atom. The van der Waals surface area contributed by atoms with Crippen LogP contribution in [0.4, 0.5) is 11.4 Å². The highest BCUT2D eigenvalue weighted by Gasteiger charge is 2.22. The van der Waals surface area contributed by atoms with Crippen molar-refractivity contribution in [3.8, 4) is 0 Å². The standard InChI is InChI=1S/C14H22N2O/c1-10(14(2,3)4)8-13(17)16-12-7-5-6-11(15)9-12/h5-7,9-10H,8,15H2,1-4H3,(H,16,17). The number of amides is 1. The summed E-state index contributed by atoms with van der Waals surface area (Å²) in [6, 6.07) is 7.24. The van der Waals surface area contributed by atoms with Crippen molar-refractivity contribution in [2.75, 3.05) is 11.1 Å². The number of anilines is 2. The largest absolute Gasteiger partial charge is 0.399 e. The molecule has 0 bridgehead atoms. The normalized spacial score (nSPS) is 13.2. The third-order valence-electron chi connectivity index (χ3n) is 3.14. The van der Waals surface area contributed by atoms with Crippen LogP contribution in [0.3, 0.4) is 0 Å². The van der Waals surface area contributed by atoms with Crippen molar-refractivity contribution in [1.29, 1.82) is 0 Å². The summed E-state index contributed by atoms with van der Waals surface area (Å²) in [5.41, 5.74) is 7.22. The smallest absolute Gasteiger partial charge is 0.224 e. The number of carbonyl (C=O) groups excluding carboxylic acids is 1. The molecule has 0 saturated carbocycles. The van der Waals surface area contributed by atoms with Crippen molar-refractivity contribution in [1.82, 2.24) is 0 Å². The second kappa shape index (κ2) is 5.21. The van der Waals surface area contributed by atoms with E-state index in [9.17, 15) is 4.79 Å². The highest BCUT2D eigenvalue weighted by atomic mass is 16.1. The van der Waals surface area contributed by atoms with Crippen LogP contribution in [0, 0.1) is 11.3 Å². The summed E-state index contributed by atoms with van der Waals surface area (Å²) in [5.74, 6) is 0.376. The summed E-state index contributed by atoms with van der Waals surface area (Å²) in [5, 5.41) is 2.87. The lowest BCUT2D eigenvalue weighted by Gasteiger charge is -2.26. The Labute approximate surface area is 103 Å². The average molecular weight is 234 g/mol. The van der Waals surface area contributed by atoms with E-state index in [2.05, 4.69) is 33.0 Å². The Kier molecular flexibility index (Phi) is 4.16. The van der Waals surface area contributed by atoms with E-state index in [-0.39, 0.29) is 11.3 Å². The van der Waals surface area contributed by atoms with Crippen molar-refractivity contribution in [3.05, 3.63) is 24.3 Å². The van der Waals surface area contributed by atoms with E-state index in [1.165, 1.54) is 0 Å². The third kappa shape index (κ3) is 4.47. The molecule has 3 heteroatoms. The van der Waals surface area contributed by atoms with Crippen molar-refractivity contribution in [2.24, 2.45) is 11.3 Å². The van der Waals surface area contributed by atoms with Gasteiger partial charge in [0.1, 0.15) is 0 Å². The number of hydrogen-bond donors (Lipinski definition) is 2. The molecule has 0 heterocycles. The first kappa shape index (κ1) is 13.6. The number of carbonyl (C=O) groups is 1. The lowest BCUT2D eigenvalue weighted by molar-refractivity contribution is -0.117. The van der Waals surface area contributed by atoms with Gasteiger partial charge in [0, 0.05) is 17.8 Å². The Bertz CT molecular complexity index is 393. The number of nitrogens with one attached hydrogen (secondary N) is 1. The van der Waals surface area contributed by atoms with Gasteiger partial charge in [-0.2, -0.15) is 0 Å². The minimum absolute atomic E-state index is 0.0398. The molecule has 0 aromatic heterocycles. The fourth-order valence-electron chi connectivity index (χ4n) is 1.41. The number of rotatable bonds is 3. The Morgan fingerprint density at radius 2 is 2.06 bits per heavy atom. The maximum Gasteiger partial charge on any atom is 0.224 e. The molecule has 17 heavy (non-hydrogen) atoms. The van der Waals surface area contributed by atoms with E-state index < -0.39 is 0 Å². The Hall–Kier alpha value is -1.51. The van der Waals surface area contributed by atoms with Gasteiger partial charge < -0.3 is 11.1 Å². The van der Waals surface area contributed by atoms with Crippen LogP contribution in [-0.4, -0.2) is 5.91 Å². The predicted molar refractivity (Wildman–Crippen MR) is 72.7 cm³/mol. The van der Waals surface area contributed by atoms with Crippen molar-refractivity contribution in [3.63, 3.8) is 0 Å². The van der Waals surface area contributed by atoms with Gasteiger partial charge >= 0.3 is 0 Å². The zero-order valence-electron chi connectivity index (χ0n) is 11.1. The van der Waals surface area contributed by atoms with Gasteiger partial charge in [0.2, 0.25) is 5.91 Å². The highest BCUT2D eigenvalue weighted by molar-refractivity contribution is 5.91. The van der Waals surface area contributed by atoms with E-state index in [1.54, 1.807) is 12.1 Å². The minimum Gasteiger partial charge on any atom is -0.399 e. The summed E-state index contributed by atoms with van der Waals surface area (Å²) in [6.45, 7) is 8.53. The molecule has 1 atom stereocenters. The molecule has 0 spiro atoms. The second-order valence-corrected chi connectivity index (χ2v) is 5.64. The monoisotopic (exact) mass is 234 g/mol. The molecule has 0 aliphatic heterocycles. The summed E-state index contributed by atoms with van der Waals surface area (Å²) in [6.07, 6.45) is 0.526. The fourth-order valence-corrected chi connectivity index (χ4v) is 1.41. The molecule has 1 amide bonds. The molecule has 0 aliphatic rings. The molecule has 1 unspecified atom stereocenters. The van der Waals surface area contributed by atoms with Gasteiger partial charge in [-0.3, -0.25) is 4.79 Å². The molecule has 0 saturated heterocycles. The average Bonchev–Trinajstić information content (AvgIpc) is 2.15. The van der Waals surface area contributed by atoms with Gasteiger partial charge in [-0.15, -0.1) is 0 Å². The van der Waals surface area contributed by atoms with Gasteiger partial charge in [0.05, 0.1) is 0 Å². The topological polar surface area (TPSA) is 55.1 Å². The van der Waals surface area contributed by atoms with Crippen molar-refractivity contribution >= 4 is 17.3 Å². The maximum atomic E-state index is 11.8. The van der Waals surface area contributed by atoms with Crippen LogP contribution in [0.15, 0.2) is 24.3 Å². The molecule has 0 aliphatic carbocycles. The predicted octanol–water partition coefficient (Wildman–Crippen LogP) is 3.28. The molecule has 1 rings (SSSR count). The minimum atomic E-state index is 0.0398. The van der Waals surface area contributed by atoms with E-state index in [1.807, 2.05) is 12.1 Å². The van der Waals surface area contributed by atoms with Gasteiger partial charge in [-0.25, -0.2) is 0 Å². The first-order valence-corrected chi connectivity index (χ1v) is 5.94. The summed E-state index contributed by atoms with van der Waals surface area (Å²) in [7, 11) is 0. The SMILES string of the molecule is CC(CC(=O)Nc1cccc(N)c1)C(C)(C)C. The first-order chi connectivity index (χ1) is 7.79. The number of benzene rings is 1. The lowest BCUT2D eigenvalue weighted by Crippen LogP contribution is -2.23. The van der Waals surface area contributed by atoms with Crippen LogP contribution < -0.4 is 11.1 Å². The molecule has 1 aromatic rings. The van der Waals surface area contributed by atoms with Gasteiger partial charge in [0.15, 0.2) is 0 Å². The fraction of sp³-hybridized carbons (Fsp3) is 0.500. The molecule has 0 fully saturated rings. The van der Waals surface area contributed by atoms with Crippen molar-refractivity contribution < 1.29 is 4.79 Å². The zero-order valence-corrected chi connectivity index (χ0v) is 11.1. The number of nitrogen functional groups attached to an aromatic ring is 1. The first-order valence-electron chi connectivity index (χ1n) is 5.94. The molecule has 3 N–H and O–H groups in total. The molecule has 94 valence electrons. The summed E-state index contributed by atoms with van der Waals surface area (Å²) >= 11 is 0. The Balaban J connectivity index is 2.56. The van der Waals surface area contributed by atoms with Gasteiger partial charge in [0.25, 0.3) is 0 Å². The molecule has 1 aromatic carbocycles.